The van der Waals surface area contributed by atoms with E-state index in [2.05, 4.69) is 62.5 Å². The predicted octanol–water partition coefficient (Wildman–Crippen LogP) is 11.4. The molecule has 0 heterocycles. The Morgan fingerprint density at radius 2 is 1.12 bits per heavy atom. The highest BCUT2D eigenvalue weighted by Crippen LogP contribution is 2.38. The van der Waals surface area contributed by atoms with Crippen LogP contribution < -0.4 is 4.89 Å². The minimum atomic E-state index is -4.52. The Morgan fingerprint density at radius 3 is 1.67 bits per heavy atom. The molecule has 0 N–H and O–H groups in total. The van der Waals surface area contributed by atoms with Gasteiger partial charge >= 0.3 is 5.97 Å². The molecule has 52 heavy (non-hydrogen) atoms. The third-order valence-corrected chi connectivity index (χ3v) is 9.61. The number of carbonyl (C=O) groups is 1. The van der Waals surface area contributed by atoms with Crippen molar-refractivity contribution in [1.29, 1.82) is 0 Å². The third-order valence-electron chi connectivity index (χ3n) is 8.64. The molecular formula is C43H80NO7P. The van der Waals surface area contributed by atoms with Crippen molar-refractivity contribution in [3.05, 3.63) is 48.6 Å². The van der Waals surface area contributed by atoms with Gasteiger partial charge in [-0.05, 0) is 51.4 Å². The van der Waals surface area contributed by atoms with E-state index in [-0.39, 0.29) is 25.8 Å². The summed E-state index contributed by atoms with van der Waals surface area (Å²) in [6, 6.07) is 0. The number of quaternary nitrogens is 1. The van der Waals surface area contributed by atoms with E-state index >= 15 is 0 Å². The zero-order valence-electron chi connectivity index (χ0n) is 34.2. The van der Waals surface area contributed by atoms with E-state index < -0.39 is 13.9 Å². The molecule has 0 bridgehead atoms. The normalized spacial score (nSPS) is 14.3. The number of hydrogen-bond donors (Lipinski definition) is 0. The van der Waals surface area contributed by atoms with Crippen LogP contribution in [0.4, 0.5) is 0 Å². The van der Waals surface area contributed by atoms with Crippen molar-refractivity contribution in [2.45, 2.75) is 168 Å². The Kier molecular flexibility index (Phi) is 35.4. The van der Waals surface area contributed by atoms with Gasteiger partial charge in [-0.15, -0.1) is 0 Å². The Labute approximate surface area is 320 Å². The van der Waals surface area contributed by atoms with E-state index in [0.717, 1.165) is 70.6 Å². The number of hydrogen-bond acceptors (Lipinski definition) is 7. The Bertz CT molecular complexity index is 973. The standard InChI is InChI=1S/C43H80NO7P/c1-6-8-10-12-14-16-18-19-20-21-22-23-24-25-26-27-29-31-33-35-38-48-40-42(41-50-52(46,47)49-39-37-44(3,4)5)51-43(45)36-34-32-30-28-17-15-13-11-9-7-2/h8,10,14,16,19-20,22-23,42H,6-7,9,11-13,15,17-18,21,24-41H2,1-5H3/b10-8-,16-14-,20-19-,23-22-. The molecule has 0 aliphatic rings. The number of rotatable bonds is 38. The number of esters is 1. The van der Waals surface area contributed by atoms with Gasteiger partial charge in [0.15, 0.2) is 0 Å². The highest BCUT2D eigenvalue weighted by molar-refractivity contribution is 7.45. The Hall–Kier alpha value is -1.54. The molecular weight excluding hydrogens is 673 g/mol. The molecule has 0 aromatic heterocycles. The van der Waals surface area contributed by atoms with E-state index in [1.807, 2.05) is 21.1 Å². The quantitative estimate of drug-likeness (QED) is 0.0204. The zero-order chi connectivity index (χ0) is 38.4. The van der Waals surface area contributed by atoms with Crippen LogP contribution in [-0.2, 0) is 27.9 Å². The van der Waals surface area contributed by atoms with Crippen LogP contribution in [0, 0.1) is 0 Å². The van der Waals surface area contributed by atoms with Gasteiger partial charge in [0.1, 0.15) is 19.3 Å². The number of unbranched alkanes of at least 4 members (excludes halogenated alkanes) is 16. The largest absolute Gasteiger partial charge is 0.756 e. The number of nitrogens with zero attached hydrogens (tertiary/aromatic N) is 1. The predicted molar refractivity (Wildman–Crippen MR) is 217 cm³/mol. The molecule has 0 saturated carbocycles. The Balaban J connectivity index is 4.21. The fourth-order valence-electron chi connectivity index (χ4n) is 5.42. The number of carbonyl (C=O) groups excluding carboxylic acids is 1. The fourth-order valence-corrected chi connectivity index (χ4v) is 6.15. The second-order valence-electron chi connectivity index (χ2n) is 15.0. The van der Waals surface area contributed by atoms with Crippen LogP contribution >= 0.6 is 7.82 Å². The maximum Gasteiger partial charge on any atom is 0.306 e. The molecule has 0 amide bonds. The van der Waals surface area contributed by atoms with Crippen molar-refractivity contribution >= 4 is 13.8 Å². The van der Waals surface area contributed by atoms with Gasteiger partial charge in [0.2, 0.25) is 0 Å². The van der Waals surface area contributed by atoms with E-state index in [9.17, 15) is 14.3 Å². The van der Waals surface area contributed by atoms with Crippen LogP contribution in [0.1, 0.15) is 162 Å². The van der Waals surface area contributed by atoms with Gasteiger partial charge in [0.25, 0.3) is 7.82 Å². The van der Waals surface area contributed by atoms with Gasteiger partial charge in [-0.1, -0.05) is 152 Å². The van der Waals surface area contributed by atoms with Crippen molar-refractivity contribution in [1.82, 2.24) is 0 Å². The van der Waals surface area contributed by atoms with Crippen LogP contribution in [0.3, 0.4) is 0 Å². The van der Waals surface area contributed by atoms with E-state index in [4.69, 9.17) is 18.5 Å². The summed E-state index contributed by atoms with van der Waals surface area (Å²) < 4.78 is 34.5. The van der Waals surface area contributed by atoms with Crippen LogP contribution in [-0.4, -0.2) is 70.7 Å². The summed E-state index contributed by atoms with van der Waals surface area (Å²) in [5, 5.41) is 0. The zero-order valence-corrected chi connectivity index (χ0v) is 35.1. The minimum absolute atomic E-state index is 0.0231. The second kappa shape index (κ2) is 36.4. The third kappa shape index (κ3) is 39.7. The minimum Gasteiger partial charge on any atom is -0.756 e. The van der Waals surface area contributed by atoms with Crippen LogP contribution in [0.2, 0.25) is 0 Å². The van der Waals surface area contributed by atoms with Gasteiger partial charge in [-0.2, -0.15) is 0 Å². The highest BCUT2D eigenvalue weighted by atomic mass is 31.2. The van der Waals surface area contributed by atoms with E-state index in [0.29, 0.717) is 24.1 Å². The van der Waals surface area contributed by atoms with Crippen molar-refractivity contribution in [2.24, 2.45) is 0 Å². The monoisotopic (exact) mass is 754 g/mol. The summed E-state index contributed by atoms with van der Waals surface area (Å²) in [5.41, 5.74) is 0. The summed E-state index contributed by atoms with van der Waals surface area (Å²) >= 11 is 0. The molecule has 0 rings (SSSR count). The topological polar surface area (TPSA) is 94.1 Å². The first-order chi connectivity index (χ1) is 25.1. The van der Waals surface area contributed by atoms with Crippen molar-refractivity contribution in [2.75, 3.05) is 54.1 Å². The molecule has 2 unspecified atom stereocenters. The van der Waals surface area contributed by atoms with Gasteiger partial charge in [0, 0.05) is 13.0 Å². The molecule has 0 aromatic rings. The second-order valence-corrected chi connectivity index (χ2v) is 16.4. The van der Waals surface area contributed by atoms with Crippen molar-refractivity contribution in [3.63, 3.8) is 0 Å². The van der Waals surface area contributed by atoms with Crippen LogP contribution in [0.25, 0.3) is 0 Å². The summed E-state index contributed by atoms with van der Waals surface area (Å²) in [5.74, 6) is -0.342. The number of phosphoric acid groups is 1. The lowest BCUT2D eigenvalue weighted by Gasteiger charge is -2.28. The summed E-state index contributed by atoms with van der Waals surface area (Å²) in [7, 11) is 1.34. The van der Waals surface area contributed by atoms with Crippen molar-refractivity contribution < 1.29 is 37.3 Å². The van der Waals surface area contributed by atoms with Gasteiger partial charge in [-0.3, -0.25) is 9.36 Å². The summed E-state index contributed by atoms with van der Waals surface area (Å²) in [6.45, 7) is 5.25. The molecule has 2 atom stereocenters. The molecule has 0 radical (unpaired) electrons. The molecule has 0 aromatic carbocycles. The maximum absolute atomic E-state index is 12.6. The number of allylic oxidation sites excluding steroid dienone is 8. The number of likely N-dealkylation sites (N-methyl/N-ethyl adjacent to an activating group) is 1. The molecule has 0 aliphatic carbocycles. The van der Waals surface area contributed by atoms with Gasteiger partial charge in [0.05, 0.1) is 34.4 Å². The van der Waals surface area contributed by atoms with E-state index in [1.165, 1.54) is 70.6 Å². The molecule has 9 heteroatoms. The van der Waals surface area contributed by atoms with E-state index in [1.54, 1.807) is 0 Å². The van der Waals surface area contributed by atoms with Gasteiger partial charge < -0.3 is 27.9 Å². The van der Waals surface area contributed by atoms with Crippen LogP contribution in [0.15, 0.2) is 48.6 Å². The molecule has 0 fully saturated rings. The maximum atomic E-state index is 12.6. The summed E-state index contributed by atoms with van der Waals surface area (Å²) in [6.07, 6.45) is 42.6. The van der Waals surface area contributed by atoms with Crippen LogP contribution in [0.5, 0.6) is 0 Å². The average Bonchev–Trinajstić information content (AvgIpc) is 3.09. The molecule has 0 aliphatic heterocycles. The number of ether oxygens (including phenoxy) is 2. The molecule has 304 valence electrons. The molecule has 0 spiro atoms. The summed E-state index contributed by atoms with van der Waals surface area (Å²) in [4.78, 5) is 24.9. The smallest absolute Gasteiger partial charge is 0.306 e. The highest BCUT2D eigenvalue weighted by Gasteiger charge is 2.20. The SMILES string of the molecule is CC/C=C\C/C=C\C/C=C\C/C=C\CCCCCCCCCOCC(COP(=O)([O-])OCC[N+](C)(C)C)OC(=O)CCCCCCCCCCCC. The number of phosphoric ester groups is 1. The molecule has 8 nitrogen and oxygen atoms in total. The fraction of sp³-hybridized carbons (Fsp3) is 0.791. The lowest BCUT2D eigenvalue weighted by atomic mass is 10.1. The Morgan fingerprint density at radius 1 is 0.615 bits per heavy atom. The average molecular weight is 754 g/mol. The first-order valence-electron chi connectivity index (χ1n) is 20.9. The lowest BCUT2D eigenvalue weighted by Crippen LogP contribution is -2.37. The van der Waals surface area contributed by atoms with Crippen molar-refractivity contribution in [3.8, 4) is 0 Å². The first-order valence-corrected chi connectivity index (χ1v) is 22.3. The molecule has 0 saturated heterocycles. The lowest BCUT2D eigenvalue weighted by molar-refractivity contribution is -0.870. The first kappa shape index (κ1) is 50.5. The van der Waals surface area contributed by atoms with Gasteiger partial charge in [-0.25, -0.2) is 0 Å².